The number of hydrogen-bond donors (Lipinski definition) is 1. The van der Waals surface area contributed by atoms with E-state index < -0.39 is 7.82 Å². The van der Waals surface area contributed by atoms with E-state index in [0.717, 1.165) is 26.4 Å². The maximum absolute atomic E-state index is 11.5. The third-order valence-corrected chi connectivity index (χ3v) is 5.39. The molecular weight excluding hydrogens is 367 g/mol. The SMILES string of the molecule is CCCCCCCCOC[C@H](COP(=O)(O)OC)OCCCCCCCC. The average molecular weight is 411 g/mol. The van der Waals surface area contributed by atoms with E-state index in [-0.39, 0.29) is 12.7 Å². The van der Waals surface area contributed by atoms with Crippen molar-refractivity contribution < 1.29 is 28.0 Å². The molecule has 0 aromatic heterocycles. The summed E-state index contributed by atoms with van der Waals surface area (Å²) in [6.07, 6.45) is 14.1. The minimum Gasteiger partial charge on any atom is -0.379 e. The molecule has 27 heavy (non-hydrogen) atoms. The first-order valence-electron chi connectivity index (χ1n) is 10.8. The van der Waals surface area contributed by atoms with Gasteiger partial charge in [-0.3, -0.25) is 9.05 Å². The Labute approximate surface area is 166 Å². The highest BCUT2D eigenvalue weighted by Crippen LogP contribution is 2.42. The Bertz CT molecular complexity index is 353. The fraction of sp³-hybridized carbons (Fsp3) is 1.00. The lowest BCUT2D eigenvalue weighted by atomic mass is 10.1. The largest absolute Gasteiger partial charge is 0.472 e. The summed E-state index contributed by atoms with van der Waals surface area (Å²) >= 11 is 0. The van der Waals surface area contributed by atoms with Gasteiger partial charge in [-0.1, -0.05) is 78.1 Å². The number of phosphoric acid groups is 1. The Balaban J connectivity index is 3.94. The number of ether oxygens (including phenoxy) is 2. The van der Waals surface area contributed by atoms with Crippen LogP contribution in [0, 0.1) is 0 Å². The molecule has 6 nitrogen and oxygen atoms in total. The number of hydrogen-bond acceptors (Lipinski definition) is 5. The second-order valence-corrected chi connectivity index (χ2v) is 8.61. The number of unbranched alkanes of at least 4 members (excludes halogenated alkanes) is 10. The molecule has 0 bridgehead atoms. The Hall–Kier alpha value is 0.0300. The molecule has 0 spiro atoms. The minimum atomic E-state index is -3.98. The Morgan fingerprint density at radius 2 is 1.30 bits per heavy atom. The van der Waals surface area contributed by atoms with Crippen molar-refractivity contribution >= 4 is 7.82 Å². The fourth-order valence-corrected chi connectivity index (χ4v) is 3.17. The van der Waals surface area contributed by atoms with E-state index in [1.165, 1.54) is 57.8 Å². The van der Waals surface area contributed by atoms with Crippen molar-refractivity contribution in [3.8, 4) is 0 Å². The zero-order valence-corrected chi connectivity index (χ0v) is 18.7. The van der Waals surface area contributed by atoms with Crippen molar-refractivity contribution in [2.75, 3.05) is 33.5 Å². The second-order valence-electron chi connectivity index (χ2n) is 7.05. The minimum absolute atomic E-state index is 0.00600. The highest BCUT2D eigenvalue weighted by Gasteiger charge is 2.21. The van der Waals surface area contributed by atoms with Crippen molar-refractivity contribution in [3.05, 3.63) is 0 Å². The highest BCUT2D eigenvalue weighted by molar-refractivity contribution is 7.47. The monoisotopic (exact) mass is 410 g/mol. The molecule has 0 fully saturated rings. The van der Waals surface area contributed by atoms with Crippen LogP contribution in [0.2, 0.25) is 0 Å². The van der Waals surface area contributed by atoms with Gasteiger partial charge in [0.05, 0.1) is 13.2 Å². The van der Waals surface area contributed by atoms with E-state index in [0.29, 0.717) is 19.8 Å². The topological polar surface area (TPSA) is 74.2 Å². The Morgan fingerprint density at radius 1 is 0.778 bits per heavy atom. The first-order chi connectivity index (χ1) is 13.1. The summed E-state index contributed by atoms with van der Waals surface area (Å²) < 4.78 is 32.4. The molecule has 0 aliphatic rings. The van der Waals surface area contributed by atoms with Crippen LogP contribution < -0.4 is 0 Å². The zero-order chi connectivity index (χ0) is 20.2. The van der Waals surface area contributed by atoms with Gasteiger partial charge in [-0.05, 0) is 12.8 Å². The quantitative estimate of drug-likeness (QED) is 0.188. The van der Waals surface area contributed by atoms with Gasteiger partial charge in [0, 0.05) is 20.3 Å². The van der Waals surface area contributed by atoms with Crippen LogP contribution in [0.5, 0.6) is 0 Å². The molecule has 0 aliphatic heterocycles. The molecule has 0 rings (SSSR count). The predicted molar refractivity (Wildman–Crippen MR) is 110 cm³/mol. The van der Waals surface area contributed by atoms with E-state index in [2.05, 4.69) is 18.4 Å². The summed E-state index contributed by atoms with van der Waals surface area (Å²) in [6, 6.07) is 0. The van der Waals surface area contributed by atoms with Gasteiger partial charge in [-0.25, -0.2) is 4.57 Å². The van der Waals surface area contributed by atoms with Crippen molar-refractivity contribution in [1.82, 2.24) is 0 Å². The van der Waals surface area contributed by atoms with Gasteiger partial charge in [-0.2, -0.15) is 0 Å². The first-order valence-corrected chi connectivity index (χ1v) is 12.3. The molecule has 7 heteroatoms. The summed E-state index contributed by atoms with van der Waals surface area (Å²) in [6.45, 7) is 6.08. The fourth-order valence-electron chi connectivity index (χ4n) is 2.71. The summed E-state index contributed by atoms with van der Waals surface area (Å²) in [5, 5.41) is 0. The Morgan fingerprint density at radius 3 is 1.85 bits per heavy atom. The summed E-state index contributed by atoms with van der Waals surface area (Å²) in [7, 11) is -2.83. The van der Waals surface area contributed by atoms with Crippen molar-refractivity contribution in [2.24, 2.45) is 0 Å². The van der Waals surface area contributed by atoms with E-state index in [9.17, 15) is 9.46 Å². The lowest BCUT2D eigenvalue weighted by molar-refractivity contribution is -0.0436. The van der Waals surface area contributed by atoms with Crippen LogP contribution in [0.3, 0.4) is 0 Å². The van der Waals surface area contributed by atoms with Crippen LogP contribution in [-0.2, 0) is 23.1 Å². The predicted octanol–water partition coefficient (Wildman–Crippen LogP) is 5.87. The van der Waals surface area contributed by atoms with E-state index in [1.54, 1.807) is 0 Å². The van der Waals surface area contributed by atoms with Gasteiger partial charge < -0.3 is 14.4 Å². The van der Waals surface area contributed by atoms with Gasteiger partial charge in [-0.15, -0.1) is 0 Å². The van der Waals surface area contributed by atoms with Crippen LogP contribution >= 0.6 is 7.82 Å². The molecule has 0 saturated heterocycles. The lowest BCUT2D eigenvalue weighted by Crippen LogP contribution is -2.26. The molecule has 1 N–H and O–H groups in total. The molecular formula is C20H43O6P. The second kappa shape index (κ2) is 19.4. The zero-order valence-electron chi connectivity index (χ0n) is 17.8. The number of rotatable bonds is 21. The molecule has 0 saturated carbocycles. The van der Waals surface area contributed by atoms with Gasteiger partial charge in [0.15, 0.2) is 0 Å². The number of phosphoric ester groups is 1. The maximum Gasteiger partial charge on any atom is 0.472 e. The molecule has 164 valence electrons. The van der Waals surface area contributed by atoms with Crippen LogP contribution in [0.25, 0.3) is 0 Å². The lowest BCUT2D eigenvalue weighted by Gasteiger charge is -2.19. The van der Waals surface area contributed by atoms with E-state index in [4.69, 9.17) is 14.0 Å². The summed E-state index contributed by atoms with van der Waals surface area (Å²) in [4.78, 5) is 9.39. The molecule has 0 amide bonds. The molecule has 0 aromatic rings. The maximum atomic E-state index is 11.5. The normalized spacial score (nSPS) is 15.0. The van der Waals surface area contributed by atoms with Crippen molar-refractivity contribution in [2.45, 2.75) is 97.0 Å². The van der Waals surface area contributed by atoms with Gasteiger partial charge in [0.1, 0.15) is 6.10 Å². The third kappa shape index (κ3) is 19.1. The average Bonchev–Trinajstić information content (AvgIpc) is 2.66. The van der Waals surface area contributed by atoms with Crippen LogP contribution in [0.1, 0.15) is 90.9 Å². The standard InChI is InChI=1S/C20H43O6P/c1-4-6-8-10-12-14-16-24-18-20(19-26-27(21,22)23-3)25-17-15-13-11-9-7-5-2/h20H,4-19H2,1-3H3,(H,21,22)/t20-/m1/s1. The molecule has 2 atom stereocenters. The summed E-state index contributed by atoms with van der Waals surface area (Å²) in [5.41, 5.74) is 0. The van der Waals surface area contributed by atoms with Crippen molar-refractivity contribution in [3.63, 3.8) is 0 Å². The Kier molecular flexibility index (Phi) is 19.4. The van der Waals surface area contributed by atoms with Gasteiger partial charge >= 0.3 is 7.82 Å². The highest BCUT2D eigenvalue weighted by atomic mass is 31.2. The molecule has 0 aromatic carbocycles. The molecule has 0 radical (unpaired) electrons. The van der Waals surface area contributed by atoms with Crippen LogP contribution in [0.15, 0.2) is 0 Å². The molecule has 1 unspecified atom stereocenters. The van der Waals surface area contributed by atoms with E-state index >= 15 is 0 Å². The van der Waals surface area contributed by atoms with Crippen LogP contribution in [-0.4, -0.2) is 44.5 Å². The van der Waals surface area contributed by atoms with Gasteiger partial charge in [0.25, 0.3) is 0 Å². The third-order valence-electron chi connectivity index (χ3n) is 4.45. The van der Waals surface area contributed by atoms with Crippen LogP contribution in [0.4, 0.5) is 0 Å². The molecule has 0 aliphatic carbocycles. The summed E-state index contributed by atoms with van der Waals surface area (Å²) in [5.74, 6) is 0. The molecule has 0 heterocycles. The van der Waals surface area contributed by atoms with E-state index in [1.807, 2.05) is 0 Å². The smallest absolute Gasteiger partial charge is 0.379 e. The van der Waals surface area contributed by atoms with Crippen molar-refractivity contribution in [1.29, 1.82) is 0 Å². The first kappa shape index (κ1) is 27.0. The van der Waals surface area contributed by atoms with Gasteiger partial charge in [0.2, 0.25) is 0 Å².